The van der Waals surface area contributed by atoms with Gasteiger partial charge >= 0.3 is 8.80 Å². The first-order valence-electron chi connectivity index (χ1n) is 8.49. The number of rotatable bonds is 12. The van der Waals surface area contributed by atoms with Crippen molar-refractivity contribution >= 4 is 8.80 Å². The Morgan fingerprint density at radius 3 is 1.25 bits per heavy atom. The van der Waals surface area contributed by atoms with Crippen LogP contribution >= 0.6 is 0 Å². The summed E-state index contributed by atoms with van der Waals surface area (Å²) in [5.41, 5.74) is 0. The van der Waals surface area contributed by atoms with Gasteiger partial charge in [0.2, 0.25) is 0 Å². The van der Waals surface area contributed by atoms with Crippen molar-refractivity contribution in [3.05, 3.63) is 0 Å². The van der Waals surface area contributed by atoms with Crippen molar-refractivity contribution in [2.24, 2.45) is 5.92 Å². The summed E-state index contributed by atoms with van der Waals surface area (Å²) in [4.78, 5) is 0. The van der Waals surface area contributed by atoms with Crippen LogP contribution in [0.1, 0.15) is 74.1 Å². The average Bonchev–Trinajstić information content (AvgIpc) is 2.45. The van der Waals surface area contributed by atoms with Crippen molar-refractivity contribution in [2.75, 3.05) is 19.8 Å². The normalized spacial score (nSPS) is 13.2. The van der Waals surface area contributed by atoms with Crippen molar-refractivity contribution in [3.63, 3.8) is 0 Å². The van der Waals surface area contributed by atoms with Gasteiger partial charge in [-0.1, -0.05) is 40.5 Å². The van der Waals surface area contributed by atoms with Gasteiger partial charge in [0.1, 0.15) is 0 Å². The third-order valence-electron chi connectivity index (χ3n) is 4.64. The minimum Gasteiger partial charge on any atom is -0.373 e. The summed E-state index contributed by atoms with van der Waals surface area (Å²) in [6.45, 7) is 17.2. The van der Waals surface area contributed by atoms with Crippen LogP contribution in [-0.4, -0.2) is 28.6 Å². The standard InChI is InChI=1S/C16H36O3Si/c1-8-15(9-2)16(10-3,11-4)20(17-12-5,18-13-6)19-14-7/h15H,8-14H2,1-7H3. The van der Waals surface area contributed by atoms with Crippen LogP contribution in [0.25, 0.3) is 0 Å². The van der Waals surface area contributed by atoms with Crippen molar-refractivity contribution in [3.8, 4) is 0 Å². The molecule has 4 heteroatoms. The molecule has 0 atom stereocenters. The third-order valence-corrected chi connectivity index (χ3v) is 8.98. The molecule has 0 aromatic carbocycles. The Balaban J connectivity index is 5.81. The predicted molar refractivity (Wildman–Crippen MR) is 88.0 cm³/mol. The Morgan fingerprint density at radius 1 is 0.700 bits per heavy atom. The summed E-state index contributed by atoms with van der Waals surface area (Å²) in [5.74, 6) is 0.591. The van der Waals surface area contributed by atoms with Gasteiger partial charge in [-0.3, -0.25) is 0 Å². The summed E-state index contributed by atoms with van der Waals surface area (Å²) in [5, 5.41) is 0.0402. The molecule has 0 aliphatic heterocycles. The van der Waals surface area contributed by atoms with Gasteiger partial charge in [-0.05, 0) is 39.5 Å². The Labute approximate surface area is 127 Å². The molecule has 0 heterocycles. The van der Waals surface area contributed by atoms with E-state index in [4.69, 9.17) is 13.3 Å². The fourth-order valence-corrected chi connectivity index (χ4v) is 7.73. The molecule has 0 radical (unpaired) electrons. The van der Waals surface area contributed by atoms with Crippen LogP contribution in [0, 0.1) is 5.92 Å². The lowest BCUT2D eigenvalue weighted by atomic mass is 9.83. The fraction of sp³-hybridized carbons (Fsp3) is 1.00. The Hall–Kier alpha value is 0.0969. The van der Waals surface area contributed by atoms with E-state index in [1.54, 1.807) is 0 Å². The van der Waals surface area contributed by atoms with Crippen molar-refractivity contribution in [1.29, 1.82) is 0 Å². The summed E-state index contributed by atoms with van der Waals surface area (Å²) in [7, 11) is -2.68. The van der Waals surface area contributed by atoms with Gasteiger partial charge in [-0.15, -0.1) is 0 Å². The van der Waals surface area contributed by atoms with E-state index in [0.717, 1.165) is 25.7 Å². The molecular weight excluding hydrogens is 268 g/mol. The van der Waals surface area contributed by atoms with E-state index in [2.05, 4.69) is 27.7 Å². The van der Waals surface area contributed by atoms with E-state index in [-0.39, 0.29) is 5.04 Å². The topological polar surface area (TPSA) is 27.7 Å². The van der Waals surface area contributed by atoms with Crippen molar-refractivity contribution in [2.45, 2.75) is 79.2 Å². The lowest BCUT2D eigenvalue weighted by molar-refractivity contribution is 0.0246. The lowest BCUT2D eigenvalue weighted by Gasteiger charge is -2.48. The Kier molecular flexibility index (Phi) is 9.98. The molecule has 20 heavy (non-hydrogen) atoms. The minimum absolute atomic E-state index is 0.0402. The van der Waals surface area contributed by atoms with Crippen molar-refractivity contribution < 1.29 is 13.3 Å². The van der Waals surface area contributed by atoms with E-state index in [1.807, 2.05) is 20.8 Å². The van der Waals surface area contributed by atoms with Crippen LogP contribution in [0.5, 0.6) is 0 Å². The van der Waals surface area contributed by atoms with E-state index < -0.39 is 8.80 Å². The highest BCUT2D eigenvalue weighted by Crippen LogP contribution is 2.54. The first-order chi connectivity index (χ1) is 9.57. The largest absolute Gasteiger partial charge is 0.507 e. The minimum atomic E-state index is -2.68. The molecule has 0 rings (SSSR count). The van der Waals surface area contributed by atoms with E-state index in [1.165, 1.54) is 0 Å². The molecule has 3 nitrogen and oxygen atoms in total. The SMILES string of the molecule is CCO[Si](OCC)(OCC)C(CC)(CC)C(CC)CC. The van der Waals surface area contributed by atoms with Crippen LogP contribution in [0.4, 0.5) is 0 Å². The molecule has 0 saturated heterocycles. The highest BCUT2D eigenvalue weighted by atomic mass is 28.4. The van der Waals surface area contributed by atoms with Crippen LogP contribution in [0.2, 0.25) is 5.04 Å². The highest BCUT2D eigenvalue weighted by Gasteiger charge is 2.61. The number of hydrogen-bond donors (Lipinski definition) is 0. The van der Waals surface area contributed by atoms with E-state index in [9.17, 15) is 0 Å². The first kappa shape index (κ1) is 20.1. The second-order valence-corrected chi connectivity index (χ2v) is 8.21. The average molecular weight is 305 g/mol. The second-order valence-electron chi connectivity index (χ2n) is 5.23. The smallest absolute Gasteiger partial charge is 0.373 e. The fourth-order valence-electron chi connectivity index (χ4n) is 3.71. The molecule has 0 aliphatic carbocycles. The second kappa shape index (κ2) is 9.93. The van der Waals surface area contributed by atoms with Gasteiger partial charge < -0.3 is 13.3 Å². The molecule has 0 spiro atoms. The quantitative estimate of drug-likeness (QED) is 0.473. The monoisotopic (exact) mass is 304 g/mol. The zero-order valence-corrected chi connectivity index (χ0v) is 15.8. The molecule has 0 aromatic rings. The van der Waals surface area contributed by atoms with Crippen LogP contribution in [-0.2, 0) is 13.3 Å². The van der Waals surface area contributed by atoms with Gasteiger partial charge in [-0.2, -0.15) is 0 Å². The lowest BCUT2D eigenvalue weighted by Crippen LogP contribution is -2.59. The molecule has 0 aromatic heterocycles. The maximum Gasteiger partial charge on any atom is 0.507 e. The molecule has 0 bridgehead atoms. The molecular formula is C16H36O3Si. The molecule has 122 valence electrons. The molecule has 0 N–H and O–H groups in total. The molecule has 0 aliphatic rings. The zero-order valence-electron chi connectivity index (χ0n) is 14.8. The molecule has 0 amide bonds. The van der Waals surface area contributed by atoms with Crippen LogP contribution < -0.4 is 0 Å². The van der Waals surface area contributed by atoms with Gasteiger partial charge in [0.25, 0.3) is 0 Å². The Bertz CT molecular complexity index is 221. The summed E-state index contributed by atoms with van der Waals surface area (Å²) < 4.78 is 18.7. The maximum atomic E-state index is 6.24. The van der Waals surface area contributed by atoms with Gasteiger partial charge in [0.15, 0.2) is 0 Å². The zero-order chi connectivity index (χ0) is 15.6. The van der Waals surface area contributed by atoms with Gasteiger partial charge in [-0.25, -0.2) is 0 Å². The van der Waals surface area contributed by atoms with Gasteiger partial charge in [0.05, 0.1) is 0 Å². The van der Waals surface area contributed by atoms with Crippen molar-refractivity contribution in [1.82, 2.24) is 0 Å². The Morgan fingerprint density at radius 2 is 1.05 bits per heavy atom. The third kappa shape index (κ3) is 3.84. The summed E-state index contributed by atoms with van der Waals surface area (Å²) >= 11 is 0. The van der Waals surface area contributed by atoms with E-state index in [0.29, 0.717) is 25.7 Å². The van der Waals surface area contributed by atoms with Crippen LogP contribution in [0.3, 0.4) is 0 Å². The van der Waals surface area contributed by atoms with Crippen LogP contribution in [0.15, 0.2) is 0 Å². The van der Waals surface area contributed by atoms with E-state index >= 15 is 0 Å². The first-order valence-corrected chi connectivity index (χ1v) is 10.2. The molecule has 0 saturated carbocycles. The summed E-state index contributed by atoms with van der Waals surface area (Å²) in [6, 6.07) is 0. The molecule has 0 unspecified atom stereocenters. The van der Waals surface area contributed by atoms with Gasteiger partial charge in [0, 0.05) is 24.9 Å². The predicted octanol–water partition coefficient (Wildman–Crippen LogP) is 5.03. The maximum absolute atomic E-state index is 6.24. The molecule has 0 fully saturated rings. The summed E-state index contributed by atoms with van der Waals surface area (Å²) in [6.07, 6.45) is 4.42. The highest BCUT2D eigenvalue weighted by molar-refractivity contribution is 6.64. The number of hydrogen-bond acceptors (Lipinski definition) is 3.